The van der Waals surface area contributed by atoms with Crippen molar-refractivity contribution in [2.45, 2.75) is 29.1 Å². The van der Waals surface area contributed by atoms with Gasteiger partial charge in [-0.25, -0.2) is 27.0 Å². The first-order valence-electron chi connectivity index (χ1n) is 11.7. The fourth-order valence-corrected chi connectivity index (χ4v) is 6.27. The number of anilines is 1. The lowest BCUT2D eigenvalue weighted by atomic mass is 10.1. The Labute approximate surface area is 225 Å². The van der Waals surface area contributed by atoms with Gasteiger partial charge in [-0.3, -0.25) is 10.1 Å². The number of aromatic carboxylic acids is 1. The third kappa shape index (κ3) is 5.81. The Bertz CT molecular complexity index is 1650. The summed E-state index contributed by atoms with van der Waals surface area (Å²) >= 11 is 1.12. The van der Waals surface area contributed by atoms with E-state index in [0.717, 1.165) is 23.5 Å². The number of sulfone groups is 1. The highest BCUT2D eigenvalue weighted by Crippen LogP contribution is 2.35. The summed E-state index contributed by atoms with van der Waals surface area (Å²) in [6.45, 7) is 0. The maximum Gasteiger partial charge on any atom is 0.335 e. The quantitative estimate of drug-likeness (QED) is 0.273. The largest absolute Gasteiger partial charge is 0.478 e. The number of carbonyl (C=O) groups is 2. The van der Waals surface area contributed by atoms with Gasteiger partial charge in [0.25, 0.3) is 5.91 Å². The van der Waals surface area contributed by atoms with Crippen molar-refractivity contribution in [1.82, 2.24) is 4.98 Å². The molecule has 39 heavy (non-hydrogen) atoms. The number of thiazole rings is 1. The molecule has 0 bridgehead atoms. The molecule has 200 valence electrons. The van der Waals surface area contributed by atoms with Gasteiger partial charge in [0.15, 0.2) is 26.5 Å². The molecule has 8 nitrogen and oxygen atoms in total. The van der Waals surface area contributed by atoms with E-state index in [-0.39, 0.29) is 26.9 Å². The van der Waals surface area contributed by atoms with Crippen LogP contribution >= 0.6 is 11.3 Å². The summed E-state index contributed by atoms with van der Waals surface area (Å²) < 4.78 is 58.6. The standard InChI is InChI=1S/C27H20F2N2O6S2/c28-18-7-12-22(21(29)13-18)37-24(16-5-8-19(9-6-16)39(35,36)20-10-11-20)25(32)31-27-30-14-23(38-27)15-1-3-17(4-2-15)26(33)34/h1-9,12-14,20,24H,10-11H2,(H,33,34)(H,30,31,32). The highest BCUT2D eigenvalue weighted by molar-refractivity contribution is 7.92. The molecule has 1 heterocycles. The van der Waals surface area contributed by atoms with Crippen LogP contribution in [0.25, 0.3) is 10.4 Å². The van der Waals surface area contributed by atoms with E-state index in [1.165, 1.54) is 42.6 Å². The summed E-state index contributed by atoms with van der Waals surface area (Å²) in [7, 11) is -3.46. The van der Waals surface area contributed by atoms with Crippen LogP contribution in [-0.2, 0) is 14.6 Å². The number of ether oxygens (including phenoxy) is 1. The molecule has 1 fully saturated rings. The molecular formula is C27H20F2N2O6S2. The molecule has 1 unspecified atom stereocenters. The van der Waals surface area contributed by atoms with E-state index in [1.54, 1.807) is 12.1 Å². The summed E-state index contributed by atoms with van der Waals surface area (Å²) in [4.78, 5) is 29.3. The van der Waals surface area contributed by atoms with Gasteiger partial charge in [0, 0.05) is 17.8 Å². The molecule has 12 heteroatoms. The van der Waals surface area contributed by atoms with Crippen LogP contribution in [0.1, 0.15) is 34.9 Å². The number of nitrogens with zero attached hydrogens (tertiary/aromatic N) is 1. The number of carbonyl (C=O) groups excluding carboxylic acids is 1. The Balaban J connectivity index is 1.40. The lowest BCUT2D eigenvalue weighted by Crippen LogP contribution is -2.26. The summed E-state index contributed by atoms with van der Waals surface area (Å²) in [6, 6.07) is 14.4. The smallest absolute Gasteiger partial charge is 0.335 e. The highest BCUT2D eigenvalue weighted by Gasteiger charge is 2.37. The summed E-state index contributed by atoms with van der Waals surface area (Å²) in [5.74, 6) is -3.98. The molecule has 0 saturated heterocycles. The lowest BCUT2D eigenvalue weighted by molar-refractivity contribution is -0.123. The zero-order valence-electron chi connectivity index (χ0n) is 20.0. The number of amides is 1. The number of carboxylic acids is 1. The number of hydrogen-bond donors (Lipinski definition) is 2. The minimum atomic E-state index is -3.46. The Morgan fingerprint density at radius 3 is 2.33 bits per heavy atom. The molecule has 1 aromatic heterocycles. The van der Waals surface area contributed by atoms with Crippen molar-refractivity contribution in [2.24, 2.45) is 0 Å². The molecule has 3 aromatic carbocycles. The Hall–Kier alpha value is -4.16. The minimum Gasteiger partial charge on any atom is -0.478 e. The van der Waals surface area contributed by atoms with Crippen LogP contribution in [0.3, 0.4) is 0 Å². The number of hydrogen-bond acceptors (Lipinski definition) is 7. The van der Waals surface area contributed by atoms with Gasteiger partial charge in [-0.2, -0.15) is 0 Å². The Kier molecular flexibility index (Phi) is 7.15. The maximum atomic E-state index is 14.4. The van der Waals surface area contributed by atoms with E-state index in [0.29, 0.717) is 29.3 Å². The third-order valence-corrected chi connectivity index (χ3v) is 9.24. The van der Waals surface area contributed by atoms with Crippen molar-refractivity contribution < 1.29 is 36.6 Å². The van der Waals surface area contributed by atoms with Gasteiger partial charge in [0.1, 0.15) is 5.82 Å². The van der Waals surface area contributed by atoms with Gasteiger partial charge in [-0.1, -0.05) is 35.6 Å². The Morgan fingerprint density at radius 1 is 1.03 bits per heavy atom. The summed E-state index contributed by atoms with van der Waals surface area (Å²) in [5, 5.41) is 11.5. The van der Waals surface area contributed by atoms with Crippen molar-refractivity contribution in [3.05, 3.63) is 95.7 Å². The second-order valence-corrected chi connectivity index (χ2v) is 12.0. The molecule has 1 aliphatic rings. The fourth-order valence-electron chi connectivity index (χ4n) is 3.79. The number of halogens is 2. The minimum absolute atomic E-state index is 0.111. The molecule has 1 amide bonds. The first kappa shape index (κ1) is 26.4. The van der Waals surface area contributed by atoms with Crippen LogP contribution in [0.2, 0.25) is 0 Å². The van der Waals surface area contributed by atoms with Gasteiger partial charge < -0.3 is 9.84 Å². The second-order valence-electron chi connectivity index (χ2n) is 8.79. The molecule has 1 aliphatic carbocycles. The zero-order valence-corrected chi connectivity index (χ0v) is 21.6. The molecule has 4 aromatic rings. The van der Waals surface area contributed by atoms with Crippen LogP contribution in [0, 0.1) is 11.6 Å². The van der Waals surface area contributed by atoms with Crippen molar-refractivity contribution in [2.75, 3.05) is 5.32 Å². The third-order valence-electron chi connectivity index (χ3n) is 6.00. The van der Waals surface area contributed by atoms with Crippen molar-refractivity contribution in [3.8, 4) is 16.2 Å². The fraction of sp³-hybridized carbons (Fsp3) is 0.148. The number of aromatic nitrogens is 1. The second kappa shape index (κ2) is 10.5. The predicted octanol–water partition coefficient (Wildman–Crippen LogP) is 5.48. The monoisotopic (exact) mass is 570 g/mol. The average molecular weight is 571 g/mol. The Morgan fingerprint density at radius 2 is 1.72 bits per heavy atom. The van der Waals surface area contributed by atoms with E-state index in [4.69, 9.17) is 9.84 Å². The van der Waals surface area contributed by atoms with Gasteiger partial charge in [0.05, 0.1) is 20.6 Å². The van der Waals surface area contributed by atoms with Crippen molar-refractivity contribution >= 4 is 38.2 Å². The molecule has 0 aliphatic heterocycles. The van der Waals surface area contributed by atoms with Crippen LogP contribution in [0.15, 0.2) is 77.8 Å². The predicted molar refractivity (Wildman–Crippen MR) is 140 cm³/mol. The van der Waals surface area contributed by atoms with Crippen LogP contribution in [-0.4, -0.2) is 35.6 Å². The van der Waals surface area contributed by atoms with E-state index in [2.05, 4.69) is 10.3 Å². The van der Waals surface area contributed by atoms with E-state index >= 15 is 0 Å². The molecule has 0 radical (unpaired) electrons. The van der Waals surface area contributed by atoms with Crippen molar-refractivity contribution in [1.29, 1.82) is 0 Å². The van der Waals surface area contributed by atoms with E-state index < -0.39 is 44.7 Å². The number of rotatable bonds is 9. The number of nitrogens with one attached hydrogen (secondary N) is 1. The van der Waals surface area contributed by atoms with Crippen molar-refractivity contribution in [3.63, 3.8) is 0 Å². The lowest BCUT2D eigenvalue weighted by Gasteiger charge is -2.19. The van der Waals surface area contributed by atoms with Gasteiger partial charge >= 0.3 is 5.97 Å². The highest BCUT2D eigenvalue weighted by atomic mass is 32.2. The molecule has 0 spiro atoms. The van der Waals surface area contributed by atoms with Crippen LogP contribution in [0.5, 0.6) is 5.75 Å². The molecular weight excluding hydrogens is 550 g/mol. The molecule has 1 saturated carbocycles. The van der Waals surface area contributed by atoms with Crippen LogP contribution < -0.4 is 10.1 Å². The number of benzene rings is 3. The molecule has 2 N–H and O–H groups in total. The zero-order chi connectivity index (χ0) is 27.7. The van der Waals surface area contributed by atoms with Gasteiger partial charge in [0.2, 0.25) is 6.10 Å². The normalized spacial score (nSPS) is 14.0. The average Bonchev–Trinajstić information content (AvgIpc) is 3.68. The first-order chi connectivity index (χ1) is 18.6. The summed E-state index contributed by atoms with van der Waals surface area (Å²) in [6.07, 6.45) is 1.27. The maximum absolute atomic E-state index is 14.4. The topological polar surface area (TPSA) is 123 Å². The molecule has 1 atom stereocenters. The van der Waals surface area contributed by atoms with E-state index in [1.807, 2.05) is 0 Å². The van der Waals surface area contributed by atoms with Gasteiger partial charge in [-0.15, -0.1) is 0 Å². The van der Waals surface area contributed by atoms with E-state index in [9.17, 15) is 26.8 Å². The SMILES string of the molecule is O=C(O)c1ccc(-c2cnc(NC(=O)C(Oc3ccc(F)cc3F)c3ccc(S(=O)(=O)C4CC4)cc3)s2)cc1. The summed E-state index contributed by atoms with van der Waals surface area (Å²) in [5.41, 5.74) is 1.06. The van der Waals surface area contributed by atoms with Gasteiger partial charge in [-0.05, 0) is 54.8 Å². The number of carboxylic acid groups (broad SMARTS) is 1. The molecule has 5 rings (SSSR count). The van der Waals surface area contributed by atoms with Crippen LogP contribution in [0.4, 0.5) is 13.9 Å². The first-order valence-corrected chi connectivity index (χ1v) is 14.0.